The lowest BCUT2D eigenvalue weighted by Gasteiger charge is -2.19. The molecule has 0 saturated carbocycles. The largest absolute Gasteiger partial charge is 0.444 e. The molecule has 0 aromatic heterocycles. The molecular weight excluding hydrogens is 322 g/mol. The first-order valence-electron chi connectivity index (χ1n) is 7.43. The van der Waals surface area contributed by atoms with Gasteiger partial charge in [0.15, 0.2) is 0 Å². The van der Waals surface area contributed by atoms with E-state index in [-0.39, 0.29) is 31.2 Å². The summed E-state index contributed by atoms with van der Waals surface area (Å²) in [6, 6.07) is 5.96. The van der Waals surface area contributed by atoms with Gasteiger partial charge >= 0.3 is 12.7 Å². The summed E-state index contributed by atoms with van der Waals surface area (Å²) in [7, 11) is 0. The van der Waals surface area contributed by atoms with Gasteiger partial charge in [0.25, 0.3) is 0 Å². The molecule has 0 aliphatic heterocycles. The molecule has 1 aromatic carbocycles. The highest BCUT2D eigenvalue weighted by Gasteiger charge is 2.15. The lowest BCUT2D eigenvalue weighted by atomic mass is 10.2. The van der Waals surface area contributed by atoms with Gasteiger partial charge in [-0.1, -0.05) is 12.1 Å². The Labute approximate surface area is 139 Å². The van der Waals surface area contributed by atoms with Gasteiger partial charge < -0.3 is 20.1 Å². The molecule has 0 fully saturated rings. The number of amides is 2. The number of hydrogen-bond acceptors (Lipinski definition) is 4. The van der Waals surface area contributed by atoms with Crippen molar-refractivity contribution in [3.63, 3.8) is 0 Å². The molecule has 1 aromatic rings. The SMILES string of the molecule is CC(C)(C)OC(=O)NCCC(=O)NCc1ccc(OC(F)F)cc1. The van der Waals surface area contributed by atoms with Gasteiger partial charge in [-0.2, -0.15) is 8.78 Å². The Kier molecular flexibility index (Phi) is 7.41. The van der Waals surface area contributed by atoms with Crippen LogP contribution in [0.2, 0.25) is 0 Å². The molecule has 24 heavy (non-hydrogen) atoms. The quantitative estimate of drug-likeness (QED) is 0.797. The lowest BCUT2D eigenvalue weighted by molar-refractivity contribution is -0.121. The maximum atomic E-state index is 12.0. The zero-order valence-electron chi connectivity index (χ0n) is 13.9. The Morgan fingerprint density at radius 1 is 1.12 bits per heavy atom. The van der Waals surface area contributed by atoms with Crippen LogP contribution in [0.25, 0.3) is 0 Å². The molecule has 0 unspecified atom stereocenters. The first kappa shape index (κ1) is 19.7. The number of alkyl carbamates (subject to hydrolysis) is 1. The van der Waals surface area contributed by atoms with Crippen LogP contribution in [0.15, 0.2) is 24.3 Å². The minimum Gasteiger partial charge on any atom is -0.444 e. The Hall–Kier alpha value is -2.38. The number of benzene rings is 1. The van der Waals surface area contributed by atoms with Crippen molar-refractivity contribution in [3.05, 3.63) is 29.8 Å². The summed E-state index contributed by atoms with van der Waals surface area (Å²) in [6.45, 7) is 2.78. The second-order valence-corrected chi connectivity index (χ2v) is 5.98. The summed E-state index contributed by atoms with van der Waals surface area (Å²) >= 11 is 0. The van der Waals surface area contributed by atoms with Crippen molar-refractivity contribution in [1.82, 2.24) is 10.6 Å². The molecule has 8 heteroatoms. The second-order valence-electron chi connectivity index (χ2n) is 5.98. The monoisotopic (exact) mass is 344 g/mol. The van der Waals surface area contributed by atoms with Crippen molar-refractivity contribution < 1.29 is 27.8 Å². The molecule has 0 saturated heterocycles. The van der Waals surface area contributed by atoms with E-state index < -0.39 is 18.3 Å². The number of carbonyl (C=O) groups excluding carboxylic acids is 2. The van der Waals surface area contributed by atoms with Crippen molar-refractivity contribution in [2.75, 3.05) is 6.54 Å². The van der Waals surface area contributed by atoms with Gasteiger partial charge in [0, 0.05) is 19.5 Å². The molecule has 6 nitrogen and oxygen atoms in total. The van der Waals surface area contributed by atoms with Gasteiger partial charge in [0.1, 0.15) is 11.4 Å². The highest BCUT2D eigenvalue weighted by atomic mass is 19.3. The van der Waals surface area contributed by atoms with Crippen LogP contribution in [0.5, 0.6) is 5.75 Å². The van der Waals surface area contributed by atoms with Crippen LogP contribution >= 0.6 is 0 Å². The summed E-state index contributed by atoms with van der Waals surface area (Å²) in [4.78, 5) is 23.1. The van der Waals surface area contributed by atoms with Gasteiger partial charge in [-0.3, -0.25) is 4.79 Å². The lowest BCUT2D eigenvalue weighted by Crippen LogP contribution is -2.35. The molecule has 0 atom stereocenters. The van der Waals surface area contributed by atoms with Gasteiger partial charge in [0.2, 0.25) is 5.91 Å². The summed E-state index contributed by atoms with van der Waals surface area (Å²) in [6.07, 6.45) is -0.476. The molecule has 2 N–H and O–H groups in total. The van der Waals surface area contributed by atoms with E-state index in [1.165, 1.54) is 12.1 Å². The highest BCUT2D eigenvalue weighted by molar-refractivity contribution is 5.77. The molecular formula is C16H22F2N2O4. The van der Waals surface area contributed by atoms with Crippen molar-refractivity contribution in [1.29, 1.82) is 0 Å². The second kappa shape index (κ2) is 9.05. The summed E-state index contributed by atoms with van der Waals surface area (Å²) in [5.74, 6) is -0.194. The van der Waals surface area contributed by atoms with E-state index in [2.05, 4.69) is 15.4 Å². The Balaban J connectivity index is 2.25. The molecule has 0 aliphatic carbocycles. The Morgan fingerprint density at radius 2 is 1.75 bits per heavy atom. The fraction of sp³-hybridized carbons (Fsp3) is 0.500. The predicted molar refractivity (Wildman–Crippen MR) is 83.8 cm³/mol. The molecule has 134 valence electrons. The van der Waals surface area contributed by atoms with Gasteiger partial charge in [0.05, 0.1) is 0 Å². The topological polar surface area (TPSA) is 76.7 Å². The average Bonchev–Trinajstić information content (AvgIpc) is 2.44. The molecule has 0 spiro atoms. The average molecular weight is 344 g/mol. The first-order chi connectivity index (χ1) is 11.2. The maximum Gasteiger partial charge on any atom is 0.407 e. The zero-order chi connectivity index (χ0) is 18.2. The first-order valence-corrected chi connectivity index (χ1v) is 7.43. The van der Waals surface area contributed by atoms with Crippen LogP contribution in [-0.2, 0) is 16.1 Å². The van der Waals surface area contributed by atoms with Crippen molar-refractivity contribution in [2.45, 2.75) is 45.9 Å². The molecule has 2 amide bonds. The fourth-order valence-electron chi connectivity index (χ4n) is 1.67. The van der Waals surface area contributed by atoms with E-state index in [1.54, 1.807) is 32.9 Å². The van der Waals surface area contributed by atoms with Crippen LogP contribution in [-0.4, -0.2) is 30.8 Å². The molecule has 0 aliphatic rings. The van der Waals surface area contributed by atoms with E-state index in [4.69, 9.17) is 4.74 Å². The fourth-order valence-corrected chi connectivity index (χ4v) is 1.67. The number of nitrogens with one attached hydrogen (secondary N) is 2. The van der Waals surface area contributed by atoms with Crippen LogP contribution in [0.1, 0.15) is 32.8 Å². The number of carbonyl (C=O) groups is 2. The van der Waals surface area contributed by atoms with Crippen LogP contribution in [0.4, 0.5) is 13.6 Å². The summed E-state index contributed by atoms with van der Waals surface area (Å²) in [5, 5.41) is 5.15. The smallest absolute Gasteiger partial charge is 0.407 e. The molecule has 1 rings (SSSR count). The number of alkyl halides is 2. The number of halogens is 2. The predicted octanol–water partition coefficient (Wildman–Crippen LogP) is 2.82. The molecule has 0 radical (unpaired) electrons. The standard InChI is InChI=1S/C16H22F2N2O4/c1-16(2,3)24-15(22)19-9-8-13(21)20-10-11-4-6-12(7-5-11)23-14(17)18/h4-7,14H,8-10H2,1-3H3,(H,19,22)(H,20,21). The normalized spacial score (nSPS) is 11.1. The Bertz CT molecular complexity index is 542. The number of ether oxygens (including phenoxy) is 2. The Morgan fingerprint density at radius 3 is 2.29 bits per heavy atom. The number of rotatable bonds is 7. The highest BCUT2D eigenvalue weighted by Crippen LogP contribution is 2.14. The third-order valence-electron chi connectivity index (χ3n) is 2.66. The molecule has 0 heterocycles. The maximum absolute atomic E-state index is 12.0. The van der Waals surface area contributed by atoms with E-state index in [9.17, 15) is 18.4 Å². The van der Waals surface area contributed by atoms with Gasteiger partial charge in [-0.25, -0.2) is 4.79 Å². The van der Waals surface area contributed by atoms with E-state index in [0.717, 1.165) is 5.56 Å². The van der Waals surface area contributed by atoms with Crippen molar-refractivity contribution in [3.8, 4) is 5.75 Å². The summed E-state index contributed by atoms with van der Waals surface area (Å²) in [5.41, 5.74) is 0.150. The number of hydrogen-bond donors (Lipinski definition) is 2. The van der Waals surface area contributed by atoms with Gasteiger partial charge in [-0.15, -0.1) is 0 Å². The van der Waals surface area contributed by atoms with Crippen molar-refractivity contribution >= 4 is 12.0 Å². The van der Waals surface area contributed by atoms with Crippen LogP contribution in [0.3, 0.4) is 0 Å². The molecule has 0 bridgehead atoms. The zero-order valence-corrected chi connectivity index (χ0v) is 13.9. The van der Waals surface area contributed by atoms with Gasteiger partial charge in [-0.05, 0) is 38.5 Å². The van der Waals surface area contributed by atoms with Crippen molar-refractivity contribution in [2.24, 2.45) is 0 Å². The minimum absolute atomic E-state index is 0.0571. The van der Waals surface area contributed by atoms with E-state index in [1.807, 2.05) is 0 Å². The van der Waals surface area contributed by atoms with E-state index in [0.29, 0.717) is 0 Å². The third-order valence-corrected chi connectivity index (χ3v) is 2.66. The van der Waals surface area contributed by atoms with E-state index >= 15 is 0 Å². The minimum atomic E-state index is -2.87. The summed E-state index contributed by atoms with van der Waals surface area (Å²) < 4.78 is 33.3. The third kappa shape index (κ3) is 8.92. The van der Waals surface area contributed by atoms with Crippen LogP contribution < -0.4 is 15.4 Å². The van der Waals surface area contributed by atoms with Crippen LogP contribution in [0, 0.1) is 0 Å².